The van der Waals surface area contributed by atoms with Crippen molar-refractivity contribution in [2.45, 2.75) is 38.1 Å². The minimum absolute atomic E-state index is 0.187. The van der Waals surface area contributed by atoms with Gasteiger partial charge >= 0.3 is 0 Å². The average molecular weight is 324 g/mol. The van der Waals surface area contributed by atoms with E-state index in [9.17, 15) is 4.79 Å². The van der Waals surface area contributed by atoms with Gasteiger partial charge in [-0.05, 0) is 69.2 Å². The van der Waals surface area contributed by atoms with Crippen molar-refractivity contribution in [1.82, 2.24) is 20.0 Å². The van der Waals surface area contributed by atoms with Gasteiger partial charge in [0.1, 0.15) is 5.82 Å². The van der Waals surface area contributed by atoms with E-state index in [1.807, 2.05) is 6.20 Å². The van der Waals surface area contributed by atoms with Crippen molar-refractivity contribution < 1.29 is 4.79 Å². The van der Waals surface area contributed by atoms with Crippen molar-refractivity contribution in [2.24, 2.45) is 17.8 Å². The van der Waals surface area contributed by atoms with Gasteiger partial charge in [0.2, 0.25) is 5.91 Å². The SMILES string of the molecule is CC(C)(NC(=O)[C@H]1[C@@H]2CNC[C@@H]21)c1ncc2c(C3CC3)cccn12. The van der Waals surface area contributed by atoms with Crippen LogP contribution in [0, 0.1) is 17.8 Å². The number of hydrogen-bond acceptors (Lipinski definition) is 3. The van der Waals surface area contributed by atoms with Gasteiger partial charge < -0.3 is 15.0 Å². The largest absolute Gasteiger partial charge is 0.344 e. The maximum Gasteiger partial charge on any atom is 0.224 e. The van der Waals surface area contributed by atoms with E-state index in [4.69, 9.17) is 0 Å². The lowest BCUT2D eigenvalue weighted by atomic mass is 10.0. The fourth-order valence-electron chi connectivity index (χ4n) is 4.50. The first kappa shape index (κ1) is 14.5. The van der Waals surface area contributed by atoms with Gasteiger partial charge in [-0.15, -0.1) is 0 Å². The first-order chi connectivity index (χ1) is 11.6. The van der Waals surface area contributed by atoms with Crippen LogP contribution in [0.5, 0.6) is 0 Å². The number of piperidine rings is 1. The van der Waals surface area contributed by atoms with E-state index in [0.29, 0.717) is 17.8 Å². The number of hydrogen-bond donors (Lipinski definition) is 2. The zero-order chi connectivity index (χ0) is 16.5. The number of fused-ring (bicyclic) bond motifs is 2. The maximum absolute atomic E-state index is 12.7. The molecule has 2 aromatic rings. The van der Waals surface area contributed by atoms with E-state index in [2.05, 4.69) is 52.2 Å². The van der Waals surface area contributed by atoms with Crippen LogP contribution >= 0.6 is 0 Å². The van der Waals surface area contributed by atoms with Gasteiger partial charge in [0.15, 0.2) is 0 Å². The van der Waals surface area contributed by atoms with Crippen LogP contribution in [0.25, 0.3) is 5.52 Å². The highest BCUT2D eigenvalue weighted by atomic mass is 16.2. The van der Waals surface area contributed by atoms with Crippen LogP contribution in [0.1, 0.15) is 44.0 Å². The molecular formula is C19H24N4O. The van der Waals surface area contributed by atoms with Crippen molar-refractivity contribution in [3.05, 3.63) is 35.9 Å². The second kappa shape index (κ2) is 4.82. The topological polar surface area (TPSA) is 58.4 Å². The normalized spacial score (nSPS) is 28.8. The zero-order valence-corrected chi connectivity index (χ0v) is 14.2. The highest BCUT2D eigenvalue weighted by Gasteiger charge is 2.57. The van der Waals surface area contributed by atoms with Crippen LogP contribution in [0.4, 0.5) is 0 Å². The van der Waals surface area contributed by atoms with Gasteiger partial charge in [-0.25, -0.2) is 4.98 Å². The van der Waals surface area contributed by atoms with E-state index < -0.39 is 5.54 Å². The van der Waals surface area contributed by atoms with Crippen molar-refractivity contribution in [1.29, 1.82) is 0 Å². The van der Waals surface area contributed by atoms with Crippen LogP contribution < -0.4 is 10.6 Å². The molecule has 126 valence electrons. The van der Waals surface area contributed by atoms with Crippen LogP contribution in [0.15, 0.2) is 24.5 Å². The molecule has 2 saturated carbocycles. The second-order valence-corrected chi connectivity index (χ2v) is 8.20. The number of amides is 1. The Labute approximate surface area is 141 Å². The number of carbonyl (C=O) groups excluding carboxylic acids is 1. The molecule has 3 heterocycles. The lowest BCUT2D eigenvalue weighted by Gasteiger charge is -2.26. The predicted molar refractivity (Wildman–Crippen MR) is 91.7 cm³/mol. The Kier molecular flexibility index (Phi) is 2.90. The molecule has 2 aromatic heterocycles. The van der Waals surface area contributed by atoms with Gasteiger partial charge in [-0.3, -0.25) is 4.79 Å². The molecule has 5 nitrogen and oxygen atoms in total. The van der Waals surface area contributed by atoms with Crippen LogP contribution in [0.2, 0.25) is 0 Å². The lowest BCUT2D eigenvalue weighted by molar-refractivity contribution is -0.124. The van der Waals surface area contributed by atoms with Crippen molar-refractivity contribution in [3.63, 3.8) is 0 Å². The molecule has 5 rings (SSSR count). The van der Waals surface area contributed by atoms with E-state index in [1.165, 1.54) is 23.9 Å². The summed E-state index contributed by atoms with van der Waals surface area (Å²) in [5.41, 5.74) is 2.10. The molecule has 0 spiro atoms. The summed E-state index contributed by atoms with van der Waals surface area (Å²) in [5.74, 6) is 3.07. The Hall–Kier alpha value is -1.88. The third kappa shape index (κ3) is 2.10. The molecule has 0 aromatic carbocycles. The maximum atomic E-state index is 12.7. The Balaban J connectivity index is 1.43. The predicted octanol–water partition coefficient (Wildman–Crippen LogP) is 2.03. The highest BCUT2D eigenvalue weighted by Crippen LogP contribution is 2.49. The fraction of sp³-hybridized carbons (Fsp3) is 0.579. The highest BCUT2D eigenvalue weighted by molar-refractivity contribution is 5.83. The molecule has 3 atom stereocenters. The number of nitrogens with zero attached hydrogens (tertiary/aromatic N) is 2. The Morgan fingerprint density at radius 1 is 1.33 bits per heavy atom. The zero-order valence-electron chi connectivity index (χ0n) is 14.2. The summed E-state index contributed by atoms with van der Waals surface area (Å²) in [4.78, 5) is 17.4. The molecule has 2 N–H and O–H groups in total. The molecule has 24 heavy (non-hydrogen) atoms. The third-order valence-electron chi connectivity index (χ3n) is 6.01. The minimum Gasteiger partial charge on any atom is -0.344 e. The van der Waals surface area contributed by atoms with Gasteiger partial charge in [-0.2, -0.15) is 0 Å². The Bertz CT molecular complexity index is 810. The van der Waals surface area contributed by atoms with Gasteiger partial charge in [-0.1, -0.05) is 6.07 Å². The molecule has 0 bridgehead atoms. The monoisotopic (exact) mass is 324 g/mol. The number of pyridine rings is 1. The van der Waals surface area contributed by atoms with Gasteiger partial charge in [0.05, 0.1) is 17.3 Å². The molecule has 5 heteroatoms. The van der Waals surface area contributed by atoms with Crippen LogP contribution in [0.3, 0.4) is 0 Å². The van der Waals surface area contributed by atoms with E-state index >= 15 is 0 Å². The standard InChI is InChI=1S/C19H24N4O/c1-19(2,22-17(24)16-13-8-20-9-14(13)16)18-21-10-15-12(11-5-6-11)4-3-7-23(15)18/h3-4,7,10-11,13-14,16,20H,5-6,8-9H2,1-2H3,(H,22,24)/t13-,14+,16+. The van der Waals surface area contributed by atoms with Crippen molar-refractivity contribution in [2.75, 3.05) is 13.1 Å². The molecule has 0 unspecified atom stereocenters. The smallest absolute Gasteiger partial charge is 0.224 e. The van der Waals surface area contributed by atoms with Crippen LogP contribution in [-0.4, -0.2) is 28.4 Å². The average Bonchev–Trinajstić information content (AvgIpc) is 3.41. The molecular weight excluding hydrogens is 300 g/mol. The molecule has 3 fully saturated rings. The summed E-state index contributed by atoms with van der Waals surface area (Å²) in [6.45, 7) is 6.08. The van der Waals surface area contributed by atoms with E-state index in [-0.39, 0.29) is 11.8 Å². The molecule has 1 amide bonds. The quantitative estimate of drug-likeness (QED) is 0.905. The number of nitrogens with one attached hydrogen (secondary N) is 2. The summed E-state index contributed by atoms with van der Waals surface area (Å²) in [7, 11) is 0. The first-order valence-electron chi connectivity index (χ1n) is 9.05. The molecule has 2 aliphatic carbocycles. The van der Waals surface area contributed by atoms with E-state index in [1.54, 1.807) is 0 Å². The number of carbonyl (C=O) groups is 1. The summed E-state index contributed by atoms with van der Waals surface area (Å²) in [6.07, 6.45) is 6.58. The second-order valence-electron chi connectivity index (χ2n) is 8.20. The summed E-state index contributed by atoms with van der Waals surface area (Å²) in [6, 6.07) is 4.31. The molecule has 1 saturated heterocycles. The minimum atomic E-state index is -0.476. The fourth-order valence-corrected chi connectivity index (χ4v) is 4.50. The summed E-state index contributed by atoms with van der Waals surface area (Å²) >= 11 is 0. The molecule has 1 aliphatic heterocycles. The number of aromatic nitrogens is 2. The third-order valence-corrected chi connectivity index (χ3v) is 6.01. The first-order valence-corrected chi connectivity index (χ1v) is 9.05. The molecule has 0 radical (unpaired) electrons. The van der Waals surface area contributed by atoms with E-state index in [0.717, 1.165) is 18.9 Å². The Morgan fingerprint density at radius 3 is 2.79 bits per heavy atom. The van der Waals surface area contributed by atoms with Gasteiger partial charge in [0.25, 0.3) is 0 Å². The molecule has 3 aliphatic rings. The number of rotatable bonds is 4. The van der Waals surface area contributed by atoms with Crippen LogP contribution in [-0.2, 0) is 10.3 Å². The number of imidazole rings is 1. The summed E-state index contributed by atoms with van der Waals surface area (Å²) < 4.78 is 2.16. The summed E-state index contributed by atoms with van der Waals surface area (Å²) in [5, 5.41) is 6.60. The van der Waals surface area contributed by atoms with Crippen molar-refractivity contribution in [3.8, 4) is 0 Å². The Morgan fingerprint density at radius 2 is 2.08 bits per heavy atom. The lowest BCUT2D eigenvalue weighted by Crippen LogP contribution is -2.44. The van der Waals surface area contributed by atoms with Gasteiger partial charge in [0, 0.05) is 12.1 Å². The van der Waals surface area contributed by atoms with Crippen molar-refractivity contribution >= 4 is 11.4 Å².